The lowest BCUT2D eigenvalue weighted by atomic mass is 10.1. The van der Waals surface area contributed by atoms with Crippen molar-refractivity contribution in [3.63, 3.8) is 0 Å². The van der Waals surface area contributed by atoms with E-state index >= 15 is 0 Å². The summed E-state index contributed by atoms with van der Waals surface area (Å²) in [5, 5.41) is 2.63. The Balaban J connectivity index is 2.01. The van der Waals surface area contributed by atoms with E-state index in [1.54, 1.807) is 0 Å². The molecule has 1 aromatic heterocycles. The number of halogens is 6. The molecular weight excluding hydrogens is 537 g/mol. The average molecular weight is 554 g/mol. The molecule has 0 saturated carbocycles. The minimum atomic E-state index is -5.91. The maximum Gasteiger partial charge on any atom is 0.471 e. The third-order valence-electron chi connectivity index (χ3n) is 4.69. The van der Waals surface area contributed by atoms with Gasteiger partial charge in [-0.1, -0.05) is 6.07 Å². The second kappa shape index (κ2) is 10.5. The summed E-state index contributed by atoms with van der Waals surface area (Å²) in [6, 6.07) is 6.84. The van der Waals surface area contributed by atoms with Crippen LogP contribution in [-0.4, -0.2) is 27.6 Å². The number of benzene rings is 2. The van der Waals surface area contributed by atoms with Gasteiger partial charge in [0.05, 0.1) is 12.8 Å². The van der Waals surface area contributed by atoms with Crippen LogP contribution in [0.25, 0.3) is 0 Å². The lowest BCUT2D eigenvalue weighted by Crippen LogP contribution is -2.33. The monoisotopic (exact) mass is 554 g/mol. The summed E-state index contributed by atoms with van der Waals surface area (Å²) in [5.74, 6) is -6.94. The van der Waals surface area contributed by atoms with Crippen molar-refractivity contribution in [3.05, 3.63) is 76.5 Å². The standard InChI is InChI=1S/C21H17F6N2O7P/c1-34-18-9-13(22)3-5-16(18)36-17-8-12(20(23,24)21(25,26)27)2-4-15(17)28-14-6-7-29(19(30)10-14)11-35-37(31,32)33/h2-10,28H,11H2,1H3,(H2,31,32,33). The molecule has 2 aromatic carbocycles. The zero-order valence-corrected chi connectivity index (χ0v) is 19.4. The van der Waals surface area contributed by atoms with Crippen LogP contribution in [0.2, 0.25) is 0 Å². The number of aromatic nitrogens is 1. The minimum Gasteiger partial charge on any atom is -0.493 e. The van der Waals surface area contributed by atoms with Gasteiger partial charge in [-0.2, -0.15) is 22.0 Å². The summed E-state index contributed by atoms with van der Waals surface area (Å²) in [6.45, 7) is -0.788. The molecule has 200 valence electrons. The minimum absolute atomic E-state index is 0.00341. The van der Waals surface area contributed by atoms with Crippen LogP contribution in [0.15, 0.2) is 59.5 Å². The van der Waals surface area contributed by atoms with Gasteiger partial charge in [-0.05, 0) is 30.3 Å². The van der Waals surface area contributed by atoms with Crippen molar-refractivity contribution in [1.29, 1.82) is 0 Å². The molecule has 3 aromatic rings. The van der Waals surface area contributed by atoms with Gasteiger partial charge in [0.25, 0.3) is 5.56 Å². The zero-order chi connectivity index (χ0) is 27.6. The lowest BCUT2D eigenvalue weighted by molar-refractivity contribution is -0.289. The van der Waals surface area contributed by atoms with Crippen molar-refractivity contribution in [2.75, 3.05) is 12.4 Å². The topological polar surface area (TPSA) is 119 Å². The van der Waals surface area contributed by atoms with Crippen LogP contribution in [0.3, 0.4) is 0 Å². The predicted molar refractivity (Wildman–Crippen MR) is 117 cm³/mol. The lowest BCUT2D eigenvalue weighted by Gasteiger charge is -2.22. The Morgan fingerprint density at radius 3 is 2.27 bits per heavy atom. The summed E-state index contributed by atoms with van der Waals surface area (Å²) < 4.78 is 107. The maximum atomic E-state index is 14.0. The number of pyridine rings is 1. The van der Waals surface area contributed by atoms with E-state index in [2.05, 4.69) is 9.84 Å². The molecule has 0 aliphatic rings. The van der Waals surface area contributed by atoms with Crippen molar-refractivity contribution < 1.29 is 54.7 Å². The highest BCUT2D eigenvalue weighted by atomic mass is 31.2. The van der Waals surface area contributed by atoms with Crippen molar-refractivity contribution in [1.82, 2.24) is 4.57 Å². The number of ether oxygens (including phenoxy) is 2. The second-order valence-electron chi connectivity index (χ2n) is 7.28. The zero-order valence-electron chi connectivity index (χ0n) is 18.5. The molecule has 0 fully saturated rings. The molecular formula is C21H17F6N2O7P. The fourth-order valence-electron chi connectivity index (χ4n) is 2.90. The highest BCUT2D eigenvalue weighted by molar-refractivity contribution is 7.46. The normalized spacial score (nSPS) is 12.4. The Hall–Kier alpha value is -3.52. The van der Waals surface area contributed by atoms with E-state index in [1.165, 1.54) is 6.07 Å². The SMILES string of the molecule is COc1cc(F)ccc1Oc1cc(C(F)(F)C(F)(F)F)ccc1Nc1ccn(COP(=O)(O)O)c(=O)c1. The molecule has 0 amide bonds. The molecule has 0 bridgehead atoms. The maximum absolute atomic E-state index is 14.0. The molecule has 0 aliphatic carbocycles. The molecule has 1 heterocycles. The van der Waals surface area contributed by atoms with Gasteiger partial charge in [0.1, 0.15) is 12.5 Å². The average Bonchev–Trinajstić information content (AvgIpc) is 2.79. The number of methoxy groups -OCH3 is 1. The Kier molecular flexibility index (Phi) is 7.93. The van der Waals surface area contributed by atoms with Gasteiger partial charge in [0.15, 0.2) is 17.2 Å². The smallest absolute Gasteiger partial charge is 0.471 e. The van der Waals surface area contributed by atoms with Crippen molar-refractivity contribution in [3.8, 4) is 17.2 Å². The highest BCUT2D eigenvalue weighted by Gasteiger charge is 2.58. The molecule has 0 radical (unpaired) electrons. The number of nitrogens with zero attached hydrogens (tertiary/aromatic N) is 1. The van der Waals surface area contributed by atoms with Crippen LogP contribution in [-0.2, 0) is 21.7 Å². The Bertz CT molecular complexity index is 1390. The van der Waals surface area contributed by atoms with Crippen LogP contribution >= 0.6 is 7.82 Å². The molecule has 9 nitrogen and oxygen atoms in total. The number of rotatable bonds is 9. The van der Waals surface area contributed by atoms with Crippen molar-refractivity contribution in [2.45, 2.75) is 18.8 Å². The molecule has 0 saturated heterocycles. The molecule has 3 N–H and O–H groups in total. The first-order chi connectivity index (χ1) is 17.1. The van der Waals surface area contributed by atoms with Crippen LogP contribution < -0.4 is 20.3 Å². The first-order valence-corrected chi connectivity index (χ1v) is 11.4. The van der Waals surface area contributed by atoms with E-state index < -0.39 is 49.3 Å². The fourth-order valence-corrected chi connectivity index (χ4v) is 3.17. The quantitative estimate of drug-likeness (QED) is 0.242. The largest absolute Gasteiger partial charge is 0.493 e. The molecule has 0 unspecified atom stereocenters. The van der Waals surface area contributed by atoms with Crippen molar-refractivity contribution >= 4 is 19.2 Å². The van der Waals surface area contributed by atoms with Gasteiger partial charge in [-0.15, -0.1) is 0 Å². The molecule has 0 atom stereocenters. The Morgan fingerprint density at radius 2 is 1.68 bits per heavy atom. The Morgan fingerprint density at radius 1 is 0.973 bits per heavy atom. The van der Waals surface area contributed by atoms with E-state index in [9.17, 15) is 35.7 Å². The molecule has 0 spiro atoms. The summed E-state index contributed by atoms with van der Waals surface area (Å²) in [6.07, 6.45) is -4.83. The molecule has 16 heteroatoms. The number of phosphoric ester groups is 1. The second-order valence-corrected chi connectivity index (χ2v) is 8.52. The van der Waals surface area contributed by atoms with Gasteiger partial charge in [0, 0.05) is 29.6 Å². The van der Waals surface area contributed by atoms with Crippen LogP contribution in [0.1, 0.15) is 5.56 Å². The van der Waals surface area contributed by atoms with Gasteiger partial charge in [-0.25, -0.2) is 8.96 Å². The number of anilines is 2. The highest BCUT2D eigenvalue weighted by Crippen LogP contribution is 2.47. The van der Waals surface area contributed by atoms with Gasteiger partial charge in [0.2, 0.25) is 0 Å². The fraction of sp³-hybridized carbons (Fsp3) is 0.190. The van der Waals surface area contributed by atoms with Gasteiger partial charge >= 0.3 is 19.9 Å². The van der Waals surface area contributed by atoms with E-state index in [0.29, 0.717) is 12.1 Å². The molecule has 37 heavy (non-hydrogen) atoms. The Labute approximate surface area is 204 Å². The van der Waals surface area contributed by atoms with Gasteiger partial charge in [-0.3, -0.25) is 13.9 Å². The summed E-state index contributed by atoms with van der Waals surface area (Å²) in [4.78, 5) is 29.7. The predicted octanol–water partition coefficient (Wildman–Crippen LogP) is 5.25. The summed E-state index contributed by atoms with van der Waals surface area (Å²) in [7, 11) is -3.71. The van der Waals surface area contributed by atoms with E-state index in [1.807, 2.05) is 0 Å². The van der Waals surface area contributed by atoms with E-state index in [4.69, 9.17) is 19.3 Å². The van der Waals surface area contributed by atoms with Crippen LogP contribution in [0.4, 0.5) is 37.7 Å². The number of hydrogen-bond donors (Lipinski definition) is 3. The van der Waals surface area contributed by atoms with Crippen LogP contribution in [0, 0.1) is 5.82 Å². The summed E-state index contributed by atoms with van der Waals surface area (Å²) >= 11 is 0. The number of hydrogen-bond acceptors (Lipinski definition) is 6. The number of phosphoric acid groups is 1. The van der Waals surface area contributed by atoms with E-state index in [-0.39, 0.29) is 22.9 Å². The molecule has 0 aliphatic heterocycles. The first-order valence-electron chi connectivity index (χ1n) is 9.89. The number of nitrogens with one attached hydrogen (secondary N) is 1. The van der Waals surface area contributed by atoms with Gasteiger partial charge < -0.3 is 24.6 Å². The van der Waals surface area contributed by atoms with E-state index in [0.717, 1.165) is 48.2 Å². The van der Waals surface area contributed by atoms with Crippen LogP contribution in [0.5, 0.6) is 17.2 Å². The third kappa shape index (κ3) is 6.83. The van der Waals surface area contributed by atoms with Crippen molar-refractivity contribution in [2.24, 2.45) is 0 Å². The summed E-state index contributed by atoms with van der Waals surface area (Å²) in [5.41, 5.74) is -2.42. The third-order valence-corrected chi connectivity index (χ3v) is 5.14. The first kappa shape index (κ1) is 28.1. The molecule has 3 rings (SSSR count). The number of alkyl halides is 5.